The minimum Gasteiger partial charge on any atom is -0.392 e. The van der Waals surface area contributed by atoms with E-state index in [2.05, 4.69) is 6.58 Å². The molecule has 1 aromatic rings. The zero-order valence-electron chi connectivity index (χ0n) is 9.83. The fourth-order valence-electron chi connectivity index (χ4n) is 1.43. The van der Waals surface area contributed by atoms with Crippen molar-refractivity contribution in [3.63, 3.8) is 0 Å². The van der Waals surface area contributed by atoms with Crippen molar-refractivity contribution in [2.45, 2.75) is 12.4 Å². The maximum atomic E-state index is 11.9. The number of aliphatic hydroxyl groups excluding tert-OH is 1. The maximum Gasteiger partial charge on any atom is 0.218 e. The molecule has 1 N–H and O–H groups in total. The average Bonchev–Trinajstić information content (AvgIpc) is 2.29. The van der Waals surface area contributed by atoms with E-state index in [9.17, 15) is 8.42 Å². The van der Waals surface area contributed by atoms with Crippen LogP contribution in [0, 0.1) is 0 Å². The average molecular weight is 255 g/mol. The summed E-state index contributed by atoms with van der Waals surface area (Å²) in [6.45, 7) is 3.72. The molecule has 0 heterocycles. The van der Waals surface area contributed by atoms with Crippen molar-refractivity contribution < 1.29 is 13.5 Å². The van der Waals surface area contributed by atoms with Gasteiger partial charge in [-0.15, -0.1) is 6.58 Å². The summed E-state index contributed by atoms with van der Waals surface area (Å²) in [7, 11) is -1.80. The van der Waals surface area contributed by atoms with Gasteiger partial charge in [0.2, 0.25) is 10.0 Å². The molecule has 0 unspecified atom stereocenters. The molecule has 0 radical (unpaired) electrons. The molecule has 0 saturated heterocycles. The predicted molar refractivity (Wildman–Crippen MR) is 67.8 cm³/mol. The van der Waals surface area contributed by atoms with Crippen LogP contribution in [-0.2, 0) is 22.4 Å². The number of sulfonamides is 1. The van der Waals surface area contributed by atoms with E-state index in [1.165, 1.54) is 11.4 Å². The van der Waals surface area contributed by atoms with Crippen LogP contribution in [0.5, 0.6) is 0 Å². The first-order chi connectivity index (χ1) is 7.99. The van der Waals surface area contributed by atoms with Gasteiger partial charge in [-0.1, -0.05) is 30.3 Å². The van der Waals surface area contributed by atoms with Crippen LogP contribution in [0.4, 0.5) is 0 Å². The Labute approximate surface area is 102 Å². The highest BCUT2D eigenvalue weighted by molar-refractivity contribution is 7.88. The lowest BCUT2D eigenvalue weighted by atomic mass is 10.1. The highest BCUT2D eigenvalue weighted by Gasteiger charge is 2.17. The zero-order chi connectivity index (χ0) is 12.9. The molecule has 1 aromatic carbocycles. The molecule has 17 heavy (non-hydrogen) atoms. The van der Waals surface area contributed by atoms with Crippen LogP contribution in [-0.4, -0.2) is 31.4 Å². The molecule has 5 heteroatoms. The Morgan fingerprint density at radius 3 is 2.65 bits per heavy atom. The second kappa shape index (κ2) is 5.95. The molecule has 1 rings (SSSR count). The van der Waals surface area contributed by atoms with Gasteiger partial charge in [-0.2, -0.15) is 0 Å². The van der Waals surface area contributed by atoms with Crippen LogP contribution in [0.2, 0.25) is 0 Å². The van der Waals surface area contributed by atoms with Crippen LogP contribution in [0.25, 0.3) is 0 Å². The third kappa shape index (κ3) is 3.96. The number of aliphatic hydroxyl groups is 1. The number of hydrogen-bond acceptors (Lipinski definition) is 3. The third-order valence-corrected chi connectivity index (χ3v) is 4.18. The van der Waals surface area contributed by atoms with Crippen molar-refractivity contribution in [3.8, 4) is 0 Å². The van der Waals surface area contributed by atoms with E-state index >= 15 is 0 Å². The standard InChI is InChI=1S/C12H17NO3S/c1-3-7-13(2)17(15,16)10-12-6-4-5-11(8-12)9-14/h3-6,8,14H,1,7,9-10H2,2H3. The highest BCUT2D eigenvalue weighted by Crippen LogP contribution is 2.11. The molecular formula is C12H17NO3S. The van der Waals surface area contributed by atoms with E-state index in [0.29, 0.717) is 17.7 Å². The number of benzene rings is 1. The van der Waals surface area contributed by atoms with Crippen molar-refractivity contribution in [1.29, 1.82) is 0 Å². The van der Waals surface area contributed by atoms with Crippen LogP contribution in [0.15, 0.2) is 36.9 Å². The molecule has 0 aliphatic heterocycles. The summed E-state index contributed by atoms with van der Waals surface area (Å²) in [5, 5.41) is 8.98. The van der Waals surface area contributed by atoms with Crippen molar-refractivity contribution in [1.82, 2.24) is 4.31 Å². The molecule has 0 atom stereocenters. The van der Waals surface area contributed by atoms with E-state index in [1.54, 1.807) is 30.3 Å². The van der Waals surface area contributed by atoms with Gasteiger partial charge in [-0.05, 0) is 11.1 Å². The van der Waals surface area contributed by atoms with Crippen LogP contribution in [0.3, 0.4) is 0 Å². The van der Waals surface area contributed by atoms with Crippen molar-refractivity contribution >= 4 is 10.0 Å². The number of nitrogens with zero attached hydrogens (tertiary/aromatic N) is 1. The second-order valence-electron chi connectivity index (χ2n) is 3.80. The summed E-state index contributed by atoms with van der Waals surface area (Å²) in [4.78, 5) is 0. The van der Waals surface area contributed by atoms with Gasteiger partial charge in [-0.25, -0.2) is 12.7 Å². The van der Waals surface area contributed by atoms with Crippen LogP contribution >= 0.6 is 0 Å². The summed E-state index contributed by atoms with van der Waals surface area (Å²) in [6.07, 6.45) is 1.54. The number of rotatable bonds is 6. The summed E-state index contributed by atoms with van der Waals surface area (Å²) in [5.74, 6) is -0.0643. The lowest BCUT2D eigenvalue weighted by Crippen LogP contribution is -2.28. The fourth-order valence-corrected chi connectivity index (χ4v) is 2.59. The van der Waals surface area contributed by atoms with Gasteiger partial charge in [-0.3, -0.25) is 0 Å². The van der Waals surface area contributed by atoms with Crippen LogP contribution < -0.4 is 0 Å². The van der Waals surface area contributed by atoms with Crippen molar-refractivity contribution in [2.24, 2.45) is 0 Å². The van der Waals surface area contributed by atoms with Crippen LogP contribution in [0.1, 0.15) is 11.1 Å². The Hall–Kier alpha value is -1.17. The molecule has 0 saturated carbocycles. The van der Waals surface area contributed by atoms with Gasteiger partial charge in [0.25, 0.3) is 0 Å². The first-order valence-electron chi connectivity index (χ1n) is 5.23. The SMILES string of the molecule is C=CCN(C)S(=O)(=O)Cc1cccc(CO)c1. The normalized spacial score (nSPS) is 11.7. The van der Waals surface area contributed by atoms with Gasteiger partial charge in [0.15, 0.2) is 0 Å². The summed E-state index contributed by atoms with van der Waals surface area (Å²) >= 11 is 0. The molecule has 0 aliphatic carbocycles. The molecular weight excluding hydrogens is 238 g/mol. The summed E-state index contributed by atoms with van der Waals surface area (Å²) in [6, 6.07) is 6.92. The quantitative estimate of drug-likeness (QED) is 0.775. The molecule has 4 nitrogen and oxygen atoms in total. The Kier molecular flexibility index (Phi) is 4.86. The molecule has 94 valence electrons. The van der Waals surface area contributed by atoms with Gasteiger partial charge in [0.1, 0.15) is 0 Å². The molecule has 0 aliphatic rings. The van der Waals surface area contributed by atoms with E-state index in [1.807, 2.05) is 0 Å². The molecule has 0 fully saturated rings. The third-order valence-electron chi connectivity index (χ3n) is 2.38. The number of likely N-dealkylation sites (N-methyl/N-ethyl adjacent to an activating group) is 1. The van der Waals surface area contributed by atoms with E-state index < -0.39 is 10.0 Å². The first-order valence-corrected chi connectivity index (χ1v) is 6.84. The Morgan fingerprint density at radius 1 is 1.41 bits per heavy atom. The number of hydrogen-bond donors (Lipinski definition) is 1. The van der Waals surface area contributed by atoms with E-state index in [4.69, 9.17) is 5.11 Å². The Balaban J connectivity index is 2.86. The maximum absolute atomic E-state index is 11.9. The lowest BCUT2D eigenvalue weighted by molar-refractivity contribution is 0.281. The first kappa shape index (κ1) is 13.9. The van der Waals surface area contributed by atoms with E-state index in [-0.39, 0.29) is 12.4 Å². The van der Waals surface area contributed by atoms with Gasteiger partial charge >= 0.3 is 0 Å². The predicted octanol–water partition coefficient (Wildman–Crippen LogP) is 1.13. The molecule has 0 amide bonds. The minimum atomic E-state index is -3.32. The topological polar surface area (TPSA) is 57.6 Å². The highest BCUT2D eigenvalue weighted by atomic mass is 32.2. The zero-order valence-corrected chi connectivity index (χ0v) is 10.7. The lowest BCUT2D eigenvalue weighted by Gasteiger charge is -2.15. The largest absolute Gasteiger partial charge is 0.392 e. The van der Waals surface area contributed by atoms with Gasteiger partial charge in [0.05, 0.1) is 12.4 Å². The minimum absolute atomic E-state index is 0.0643. The smallest absolute Gasteiger partial charge is 0.218 e. The molecule has 0 spiro atoms. The van der Waals surface area contributed by atoms with E-state index in [0.717, 1.165) is 0 Å². The Bertz CT molecular complexity index is 482. The van der Waals surface area contributed by atoms with Crippen molar-refractivity contribution in [2.75, 3.05) is 13.6 Å². The van der Waals surface area contributed by atoms with Crippen molar-refractivity contribution in [3.05, 3.63) is 48.0 Å². The molecule has 0 bridgehead atoms. The summed E-state index contributed by atoms with van der Waals surface area (Å²) < 4.78 is 25.1. The second-order valence-corrected chi connectivity index (χ2v) is 5.88. The van der Waals surface area contributed by atoms with Gasteiger partial charge in [0, 0.05) is 13.6 Å². The summed E-state index contributed by atoms with van der Waals surface area (Å²) in [5.41, 5.74) is 1.39. The Morgan fingerprint density at radius 2 is 2.06 bits per heavy atom. The van der Waals surface area contributed by atoms with Gasteiger partial charge < -0.3 is 5.11 Å². The monoisotopic (exact) mass is 255 g/mol. The fraction of sp³-hybridized carbons (Fsp3) is 0.333. The molecule has 0 aromatic heterocycles.